The quantitative estimate of drug-likeness (QED) is 0.732. The molecule has 0 unspecified atom stereocenters. The molecule has 0 aromatic carbocycles. The van der Waals surface area contributed by atoms with Gasteiger partial charge in [0.05, 0.1) is 24.5 Å². The number of rotatable bonds is 3. The zero-order valence-corrected chi connectivity index (χ0v) is 16.0. The number of nitrogens with zero attached hydrogens (tertiary/aromatic N) is 6. The fraction of sp³-hybridized carbons (Fsp3) is 0.421. The number of carbonyl (C=O) groups excluding carboxylic acids is 1. The van der Waals surface area contributed by atoms with Crippen LogP contribution < -0.4 is 4.90 Å². The van der Waals surface area contributed by atoms with E-state index >= 15 is 0 Å². The van der Waals surface area contributed by atoms with E-state index in [0.29, 0.717) is 4.59 Å². The Balaban J connectivity index is 1.30. The highest BCUT2D eigenvalue weighted by molar-refractivity contribution is 7.99. The largest absolute Gasteiger partial charge is 0.338 e. The summed E-state index contributed by atoms with van der Waals surface area (Å²) in [7, 11) is 0. The molecular formula is C19H23N6OS+. The minimum atomic E-state index is 0.206. The summed E-state index contributed by atoms with van der Waals surface area (Å²) < 4.78 is 0.658. The first kappa shape index (κ1) is 17.0. The number of allylic oxidation sites excluding steroid dienone is 3. The van der Waals surface area contributed by atoms with Crippen molar-refractivity contribution in [1.82, 2.24) is 19.9 Å². The van der Waals surface area contributed by atoms with Gasteiger partial charge in [-0.15, -0.1) is 16.8 Å². The van der Waals surface area contributed by atoms with E-state index in [-0.39, 0.29) is 5.91 Å². The molecule has 2 fully saturated rings. The topological polar surface area (TPSA) is 52.6 Å². The normalized spacial score (nSPS) is 27.7. The lowest BCUT2D eigenvalue weighted by molar-refractivity contribution is -0.948. The van der Waals surface area contributed by atoms with Crippen LogP contribution in [0.2, 0.25) is 0 Å². The Labute approximate surface area is 163 Å². The van der Waals surface area contributed by atoms with Gasteiger partial charge in [-0.25, -0.2) is 9.97 Å². The van der Waals surface area contributed by atoms with Crippen molar-refractivity contribution in [2.75, 3.05) is 55.8 Å². The van der Waals surface area contributed by atoms with Crippen molar-refractivity contribution in [2.45, 2.75) is 0 Å². The SMILES string of the molecule is O=C(C1=CC2=CC=C[N@@+]2(N2CCN(c3ncccn3)CC2)C1)N1CCSC1. The van der Waals surface area contributed by atoms with Gasteiger partial charge in [-0.1, -0.05) is 0 Å². The van der Waals surface area contributed by atoms with Crippen molar-refractivity contribution < 1.29 is 9.39 Å². The molecule has 2 saturated heterocycles. The average Bonchev–Trinajstić information content (AvgIpc) is 3.44. The van der Waals surface area contributed by atoms with Crippen LogP contribution in [0.1, 0.15) is 0 Å². The first-order valence-corrected chi connectivity index (χ1v) is 10.5. The third-order valence-corrected chi connectivity index (χ3v) is 6.66. The fourth-order valence-corrected chi connectivity index (χ4v) is 5.20. The lowest BCUT2D eigenvalue weighted by atomic mass is 10.2. The molecule has 0 N–H and O–H groups in total. The second kappa shape index (κ2) is 6.78. The van der Waals surface area contributed by atoms with Gasteiger partial charge in [-0.05, 0) is 12.1 Å². The summed E-state index contributed by atoms with van der Waals surface area (Å²) >= 11 is 1.83. The number of aromatic nitrogens is 2. The molecule has 0 aliphatic carbocycles. The Bertz CT molecular complexity index is 824. The van der Waals surface area contributed by atoms with E-state index in [0.717, 1.165) is 62.4 Å². The summed E-state index contributed by atoms with van der Waals surface area (Å²) in [6.07, 6.45) is 12.2. The van der Waals surface area contributed by atoms with Crippen LogP contribution in [0.5, 0.6) is 0 Å². The fourth-order valence-electron chi connectivity index (χ4n) is 4.26. The van der Waals surface area contributed by atoms with Crippen LogP contribution in [-0.4, -0.2) is 81.3 Å². The van der Waals surface area contributed by atoms with Gasteiger partial charge in [0.15, 0.2) is 5.70 Å². The Kier molecular flexibility index (Phi) is 4.26. The first-order chi connectivity index (χ1) is 13.3. The van der Waals surface area contributed by atoms with Crippen molar-refractivity contribution in [3.63, 3.8) is 0 Å². The maximum absolute atomic E-state index is 12.9. The highest BCUT2D eigenvalue weighted by Gasteiger charge is 2.47. The minimum Gasteiger partial charge on any atom is -0.338 e. The Morgan fingerprint density at radius 3 is 2.67 bits per heavy atom. The number of carbonyl (C=O) groups is 1. The molecule has 140 valence electrons. The number of quaternary nitrogens is 1. The van der Waals surface area contributed by atoms with Gasteiger partial charge < -0.3 is 9.80 Å². The van der Waals surface area contributed by atoms with Crippen LogP contribution >= 0.6 is 11.8 Å². The second-order valence-electron chi connectivity index (χ2n) is 7.18. The predicted octanol–water partition coefficient (Wildman–Crippen LogP) is 1.21. The summed E-state index contributed by atoms with van der Waals surface area (Å²) in [5.74, 6) is 2.87. The van der Waals surface area contributed by atoms with Crippen molar-refractivity contribution in [3.05, 3.63) is 54.2 Å². The minimum absolute atomic E-state index is 0.206. The average molecular weight is 384 g/mol. The molecule has 5 heterocycles. The molecule has 0 radical (unpaired) electrons. The second-order valence-corrected chi connectivity index (χ2v) is 8.26. The van der Waals surface area contributed by atoms with Gasteiger partial charge >= 0.3 is 0 Å². The van der Waals surface area contributed by atoms with Gasteiger partial charge in [-0.3, -0.25) is 4.79 Å². The molecule has 0 bridgehead atoms. The first-order valence-electron chi connectivity index (χ1n) is 9.39. The number of hydrogen-bond acceptors (Lipinski definition) is 6. The summed E-state index contributed by atoms with van der Waals surface area (Å²) in [5.41, 5.74) is 2.14. The van der Waals surface area contributed by atoms with Crippen LogP contribution in [0.25, 0.3) is 0 Å². The third-order valence-electron chi connectivity index (χ3n) is 5.69. The van der Waals surface area contributed by atoms with Gasteiger partial charge in [0.1, 0.15) is 12.7 Å². The number of fused-ring (bicyclic) bond motifs is 1. The van der Waals surface area contributed by atoms with E-state index in [9.17, 15) is 4.79 Å². The van der Waals surface area contributed by atoms with E-state index in [4.69, 9.17) is 0 Å². The predicted molar refractivity (Wildman–Crippen MR) is 105 cm³/mol. The monoisotopic (exact) mass is 383 g/mol. The lowest BCUT2D eigenvalue weighted by Gasteiger charge is -2.43. The molecule has 1 aromatic rings. The highest BCUT2D eigenvalue weighted by atomic mass is 32.2. The van der Waals surface area contributed by atoms with Crippen molar-refractivity contribution in [3.8, 4) is 0 Å². The molecule has 4 aliphatic heterocycles. The van der Waals surface area contributed by atoms with E-state index in [1.807, 2.05) is 22.7 Å². The van der Waals surface area contributed by atoms with E-state index in [2.05, 4.69) is 44.3 Å². The maximum atomic E-state index is 12.9. The molecule has 8 heteroatoms. The maximum Gasteiger partial charge on any atom is 0.256 e. The number of amides is 1. The smallest absolute Gasteiger partial charge is 0.256 e. The standard InChI is InChI=1S/C19H23N6OS/c26-18(23-10-12-27-15-23)16-13-17-3-1-11-25(17,14-16)24-8-6-22(7-9-24)19-20-4-2-5-21-19/h1-5,11,13H,6-10,12,14-15H2/q+1/t25-/m1/s1. The zero-order chi connectivity index (χ0) is 18.3. The molecule has 1 amide bonds. The van der Waals surface area contributed by atoms with Crippen LogP contribution in [-0.2, 0) is 4.79 Å². The number of piperazine rings is 1. The van der Waals surface area contributed by atoms with Crippen LogP contribution in [0.3, 0.4) is 0 Å². The Morgan fingerprint density at radius 1 is 1.11 bits per heavy atom. The Morgan fingerprint density at radius 2 is 1.93 bits per heavy atom. The number of hydrogen-bond donors (Lipinski definition) is 0. The van der Waals surface area contributed by atoms with Crippen LogP contribution in [0, 0.1) is 0 Å². The van der Waals surface area contributed by atoms with Gasteiger partial charge in [0.2, 0.25) is 5.95 Å². The van der Waals surface area contributed by atoms with Crippen molar-refractivity contribution in [1.29, 1.82) is 0 Å². The van der Waals surface area contributed by atoms with E-state index in [1.54, 1.807) is 12.4 Å². The summed E-state index contributed by atoms with van der Waals surface area (Å²) in [6.45, 7) is 5.19. The third kappa shape index (κ3) is 2.88. The molecule has 1 aromatic heterocycles. The van der Waals surface area contributed by atoms with E-state index in [1.165, 1.54) is 5.70 Å². The molecule has 0 spiro atoms. The molecular weight excluding hydrogens is 360 g/mol. The molecule has 1 atom stereocenters. The lowest BCUT2D eigenvalue weighted by Crippen LogP contribution is -2.60. The Hall–Kier alpha value is -2.16. The van der Waals surface area contributed by atoms with Crippen LogP contribution in [0.15, 0.2) is 54.2 Å². The summed E-state index contributed by atoms with van der Waals surface area (Å²) in [4.78, 5) is 25.8. The summed E-state index contributed by atoms with van der Waals surface area (Å²) in [6, 6.07) is 1.84. The van der Waals surface area contributed by atoms with Gasteiger partial charge in [0.25, 0.3) is 5.91 Å². The molecule has 27 heavy (non-hydrogen) atoms. The highest BCUT2D eigenvalue weighted by Crippen LogP contribution is 2.38. The summed E-state index contributed by atoms with van der Waals surface area (Å²) in [5, 5.41) is 2.46. The van der Waals surface area contributed by atoms with Crippen LogP contribution in [0.4, 0.5) is 5.95 Å². The van der Waals surface area contributed by atoms with Crippen molar-refractivity contribution in [2.24, 2.45) is 0 Å². The van der Waals surface area contributed by atoms with Gasteiger partial charge in [-0.2, -0.15) is 4.59 Å². The zero-order valence-electron chi connectivity index (χ0n) is 15.2. The number of thioether (sulfide) groups is 1. The van der Waals surface area contributed by atoms with Crippen molar-refractivity contribution >= 4 is 23.6 Å². The molecule has 0 saturated carbocycles. The number of anilines is 1. The molecule has 7 nitrogen and oxygen atoms in total. The molecule has 4 aliphatic rings. The van der Waals surface area contributed by atoms with Gasteiger partial charge in [0, 0.05) is 49.9 Å². The van der Waals surface area contributed by atoms with E-state index < -0.39 is 0 Å². The molecule has 5 rings (SSSR count).